The maximum Gasteiger partial charge on any atom is 0.240 e. The average molecular weight is 238 g/mol. The molecule has 1 heterocycles. The summed E-state index contributed by atoms with van der Waals surface area (Å²) in [6.45, 7) is 5.33. The van der Waals surface area contributed by atoms with Crippen LogP contribution >= 0.6 is 0 Å². The van der Waals surface area contributed by atoms with E-state index in [2.05, 4.69) is 15.5 Å². The van der Waals surface area contributed by atoms with Crippen LogP contribution in [0.25, 0.3) is 0 Å². The van der Waals surface area contributed by atoms with Gasteiger partial charge in [0.25, 0.3) is 0 Å². The Balaban J connectivity index is 1.72. The second-order valence-electron chi connectivity index (χ2n) is 4.25. The summed E-state index contributed by atoms with van der Waals surface area (Å²) in [5.74, 6) is 1.28. The number of carbonyl (C=O) groups excluding carboxylic acids is 1. The highest BCUT2D eigenvalue weighted by atomic mass is 16.5. The standard InChI is InChI=1S/C11H18N4O2/c1-3-15(9-4-5-9)11(16)7-12-6-10-13-8(2)14-17-10/h9,12H,3-7H2,1-2H3. The van der Waals surface area contributed by atoms with Crippen molar-refractivity contribution >= 4 is 5.91 Å². The number of likely N-dealkylation sites (N-methyl/N-ethyl adjacent to an activating group) is 1. The van der Waals surface area contributed by atoms with Crippen molar-refractivity contribution in [2.45, 2.75) is 39.3 Å². The van der Waals surface area contributed by atoms with Gasteiger partial charge in [-0.3, -0.25) is 10.1 Å². The topological polar surface area (TPSA) is 71.3 Å². The normalized spacial score (nSPS) is 14.9. The Kier molecular flexibility index (Phi) is 3.73. The Morgan fingerprint density at radius 2 is 2.35 bits per heavy atom. The van der Waals surface area contributed by atoms with E-state index in [9.17, 15) is 4.79 Å². The molecular formula is C11H18N4O2. The number of amides is 1. The zero-order valence-corrected chi connectivity index (χ0v) is 10.3. The molecule has 1 amide bonds. The van der Waals surface area contributed by atoms with Crippen molar-refractivity contribution in [3.05, 3.63) is 11.7 Å². The summed E-state index contributed by atoms with van der Waals surface area (Å²) in [6, 6.07) is 0.472. The van der Waals surface area contributed by atoms with E-state index in [4.69, 9.17) is 4.52 Å². The van der Waals surface area contributed by atoms with Crippen LogP contribution in [-0.2, 0) is 11.3 Å². The number of aromatic nitrogens is 2. The van der Waals surface area contributed by atoms with Crippen molar-refractivity contribution in [2.24, 2.45) is 0 Å². The quantitative estimate of drug-likeness (QED) is 0.780. The van der Waals surface area contributed by atoms with Crippen LogP contribution in [0.4, 0.5) is 0 Å². The first-order valence-corrected chi connectivity index (χ1v) is 6.00. The van der Waals surface area contributed by atoms with Crippen molar-refractivity contribution in [1.82, 2.24) is 20.4 Å². The lowest BCUT2D eigenvalue weighted by Crippen LogP contribution is -2.39. The van der Waals surface area contributed by atoms with Gasteiger partial charge in [-0.2, -0.15) is 4.98 Å². The van der Waals surface area contributed by atoms with Gasteiger partial charge in [0.05, 0.1) is 13.1 Å². The van der Waals surface area contributed by atoms with Crippen molar-refractivity contribution in [1.29, 1.82) is 0 Å². The number of rotatable bonds is 6. The Labute approximate surface area is 100 Å². The summed E-state index contributed by atoms with van der Waals surface area (Å²) in [7, 11) is 0. The van der Waals surface area contributed by atoms with Crippen LogP contribution in [0, 0.1) is 6.92 Å². The first kappa shape index (κ1) is 12.0. The number of nitrogens with one attached hydrogen (secondary N) is 1. The Morgan fingerprint density at radius 1 is 1.59 bits per heavy atom. The van der Waals surface area contributed by atoms with Gasteiger partial charge in [0.15, 0.2) is 5.82 Å². The monoisotopic (exact) mass is 238 g/mol. The second kappa shape index (κ2) is 5.27. The van der Waals surface area contributed by atoms with Gasteiger partial charge in [0.2, 0.25) is 11.8 Å². The van der Waals surface area contributed by atoms with Crippen LogP contribution in [0.5, 0.6) is 0 Å². The third kappa shape index (κ3) is 3.26. The lowest BCUT2D eigenvalue weighted by atomic mass is 10.4. The SMILES string of the molecule is CCN(C(=O)CNCc1nc(C)no1)C1CC1. The molecule has 1 fully saturated rings. The molecule has 0 aromatic carbocycles. The Hall–Kier alpha value is -1.43. The van der Waals surface area contributed by atoms with E-state index in [0.717, 1.165) is 19.4 Å². The van der Waals surface area contributed by atoms with Gasteiger partial charge in [-0.1, -0.05) is 5.16 Å². The third-order valence-electron chi connectivity index (χ3n) is 2.77. The van der Waals surface area contributed by atoms with Gasteiger partial charge in [-0.15, -0.1) is 0 Å². The molecule has 1 saturated carbocycles. The lowest BCUT2D eigenvalue weighted by molar-refractivity contribution is -0.130. The fourth-order valence-corrected chi connectivity index (χ4v) is 1.81. The predicted molar refractivity (Wildman–Crippen MR) is 61.2 cm³/mol. The highest BCUT2D eigenvalue weighted by Crippen LogP contribution is 2.26. The second-order valence-corrected chi connectivity index (χ2v) is 4.25. The number of hydrogen-bond acceptors (Lipinski definition) is 5. The Bertz CT molecular complexity index is 387. The number of aryl methyl sites for hydroxylation is 1. The molecule has 1 aliphatic rings. The molecule has 1 aromatic heterocycles. The molecule has 6 nitrogen and oxygen atoms in total. The smallest absolute Gasteiger partial charge is 0.240 e. The third-order valence-corrected chi connectivity index (χ3v) is 2.77. The van der Waals surface area contributed by atoms with Gasteiger partial charge >= 0.3 is 0 Å². The average Bonchev–Trinajstić information content (AvgIpc) is 3.04. The van der Waals surface area contributed by atoms with Crippen LogP contribution < -0.4 is 5.32 Å². The van der Waals surface area contributed by atoms with E-state index in [-0.39, 0.29) is 5.91 Å². The van der Waals surface area contributed by atoms with Crippen LogP contribution in [-0.4, -0.2) is 40.1 Å². The van der Waals surface area contributed by atoms with E-state index in [1.807, 2.05) is 11.8 Å². The number of nitrogens with zero attached hydrogens (tertiary/aromatic N) is 3. The van der Waals surface area contributed by atoms with Crippen molar-refractivity contribution < 1.29 is 9.32 Å². The molecule has 0 unspecified atom stereocenters. The maximum atomic E-state index is 11.8. The van der Waals surface area contributed by atoms with Crippen LogP contribution in [0.15, 0.2) is 4.52 Å². The summed E-state index contributed by atoms with van der Waals surface area (Å²) >= 11 is 0. The van der Waals surface area contributed by atoms with E-state index in [0.29, 0.717) is 30.8 Å². The van der Waals surface area contributed by atoms with Gasteiger partial charge in [0.1, 0.15) is 0 Å². The van der Waals surface area contributed by atoms with Crippen LogP contribution in [0.2, 0.25) is 0 Å². The molecule has 0 atom stereocenters. The van der Waals surface area contributed by atoms with Crippen molar-refractivity contribution in [3.8, 4) is 0 Å². The highest BCUT2D eigenvalue weighted by Gasteiger charge is 2.30. The van der Waals surface area contributed by atoms with E-state index in [1.54, 1.807) is 6.92 Å². The van der Waals surface area contributed by atoms with Crippen molar-refractivity contribution in [3.63, 3.8) is 0 Å². The fraction of sp³-hybridized carbons (Fsp3) is 0.727. The minimum absolute atomic E-state index is 0.145. The van der Waals surface area contributed by atoms with Gasteiger partial charge in [0, 0.05) is 12.6 Å². The van der Waals surface area contributed by atoms with E-state index < -0.39 is 0 Å². The number of hydrogen-bond donors (Lipinski definition) is 1. The van der Waals surface area contributed by atoms with Gasteiger partial charge in [-0.05, 0) is 26.7 Å². The molecule has 2 rings (SSSR count). The van der Waals surface area contributed by atoms with Crippen LogP contribution in [0.1, 0.15) is 31.5 Å². The largest absolute Gasteiger partial charge is 0.339 e. The van der Waals surface area contributed by atoms with Gasteiger partial charge < -0.3 is 9.42 Å². The lowest BCUT2D eigenvalue weighted by Gasteiger charge is -2.20. The fourth-order valence-electron chi connectivity index (χ4n) is 1.81. The summed E-state index contributed by atoms with van der Waals surface area (Å²) in [4.78, 5) is 17.8. The molecule has 0 spiro atoms. The molecule has 1 aromatic rings. The molecular weight excluding hydrogens is 220 g/mol. The zero-order chi connectivity index (χ0) is 12.3. The summed E-state index contributed by atoms with van der Waals surface area (Å²) in [6.07, 6.45) is 2.28. The molecule has 94 valence electrons. The molecule has 0 aliphatic heterocycles. The zero-order valence-electron chi connectivity index (χ0n) is 10.3. The van der Waals surface area contributed by atoms with Crippen LogP contribution in [0.3, 0.4) is 0 Å². The summed E-state index contributed by atoms with van der Waals surface area (Å²) < 4.78 is 4.94. The molecule has 0 radical (unpaired) electrons. The molecule has 0 bridgehead atoms. The first-order chi connectivity index (χ1) is 8.20. The maximum absolute atomic E-state index is 11.8. The van der Waals surface area contributed by atoms with Crippen molar-refractivity contribution in [2.75, 3.05) is 13.1 Å². The first-order valence-electron chi connectivity index (χ1n) is 6.00. The Morgan fingerprint density at radius 3 is 2.88 bits per heavy atom. The molecule has 0 saturated heterocycles. The minimum Gasteiger partial charge on any atom is -0.339 e. The summed E-state index contributed by atoms with van der Waals surface area (Å²) in [5.41, 5.74) is 0. The number of carbonyl (C=O) groups is 1. The van der Waals surface area contributed by atoms with Gasteiger partial charge in [-0.25, -0.2) is 0 Å². The minimum atomic E-state index is 0.145. The molecule has 1 aliphatic carbocycles. The molecule has 17 heavy (non-hydrogen) atoms. The summed E-state index contributed by atoms with van der Waals surface area (Å²) in [5, 5.41) is 6.71. The van der Waals surface area contributed by atoms with E-state index in [1.165, 1.54) is 0 Å². The predicted octanol–water partition coefficient (Wildman–Crippen LogP) is 0.479. The van der Waals surface area contributed by atoms with E-state index >= 15 is 0 Å². The highest BCUT2D eigenvalue weighted by molar-refractivity contribution is 5.78. The molecule has 6 heteroatoms. The molecule has 1 N–H and O–H groups in total.